The molecular formula is C30H30F2N4O4. The van der Waals surface area contributed by atoms with Gasteiger partial charge >= 0.3 is 0 Å². The second kappa shape index (κ2) is 11.5. The Balaban J connectivity index is 1.45. The molecule has 2 aromatic heterocycles. The lowest BCUT2D eigenvalue weighted by molar-refractivity contribution is 0.0406. The number of hydrogen-bond acceptors (Lipinski definition) is 6. The maximum atomic E-state index is 14.6. The average molecular weight is 549 g/mol. The molecule has 1 aliphatic heterocycles. The summed E-state index contributed by atoms with van der Waals surface area (Å²) in [4.78, 5) is 19.1. The number of hydrogen-bond donors (Lipinski definition) is 2. The summed E-state index contributed by atoms with van der Waals surface area (Å²) in [6, 6.07) is 13.0. The van der Waals surface area contributed by atoms with Gasteiger partial charge in [-0.05, 0) is 53.4 Å². The third-order valence-corrected chi connectivity index (χ3v) is 6.94. The molecule has 5 rings (SSSR count). The zero-order valence-electron chi connectivity index (χ0n) is 22.2. The van der Waals surface area contributed by atoms with E-state index in [2.05, 4.69) is 4.98 Å². The highest BCUT2D eigenvalue weighted by Crippen LogP contribution is 2.37. The van der Waals surface area contributed by atoms with Crippen LogP contribution in [0.5, 0.6) is 5.75 Å². The molecule has 40 heavy (non-hydrogen) atoms. The van der Waals surface area contributed by atoms with Crippen molar-refractivity contribution in [1.29, 1.82) is 0 Å². The van der Waals surface area contributed by atoms with Gasteiger partial charge in [-0.2, -0.15) is 5.10 Å². The molecule has 1 aliphatic rings. The molecule has 208 valence electrons. The van der Waals surface area contributed by atoms with Gasteiger partial charge in [-0.25, -0.2) is 8.78 Å². The van der Waals surface area contributed by atoms with Crippen LogP contribution in [0.1, 0.15) is 41.4 Å². The summed E-state index contributed by atoms with van der Waals surface area (Å²) in [7, 11) is 0. The largest absolute Gasteiger partial charge is 0.489 e. The molecule has 1 unspecified atom stereocenters. The van der Waals surface area contributed by atoms with Crippen molar-refractivity contribution in [3.8, 4) is 28.1 Å². The van der Waals surface area contributed by atoms with Gasteiger partial charge in [0.15, 0.2) is 0 Å². The molecule has 0 saturated carbocycles. The normalized spacial score (nSPS) is 14.0. The molecule has 0 aliphatic carbocycles. The number of ether oxygens (including phenoxy) is 1. The topological polar surface area (TPSA) is 101 Å². The summed E-state index contributed by atoms with van der Waals surface area (Å²) < 4.78 is 36.4. The SMILES string of the molecule is CC(C)c1cc(F)c(COc2ccc(-c3c(-c4ccncc4)nn4c3C(=O)N(CC(O)CO)CC4)cc2)cc1F. The number of carbonyl (C=O) groups excluding carboxylic acids is 1. The summed E-state index contributed by atoms with van der Waals surface area (Å²) in [5.41, 5.74) is 3.52. The number of aromatic nitrogens is 3. The van der Waals surface area contributed by atoms with Crippen LogP contribution in [0.25, 0.3) is 22.4 Å². The van der Waals surface area contributed by atoms with Gasteiger partial charge in [0.1, 0.15) is 35.4 Å². The number of nitrogens with zero attached hydrogens (tertiary/aromatic N) is 4. The Morgan fingerprint density at radius 2 is 1.73 bits per heavy atom. The van der Waals surface area contributed by atoms with Gasteiger partial charge < -0.3 is 19.8 Å². The lowest BCUT2D eigenvalue weighted by Gasteiger charge is -2.29. The van der Waals surface area contributed by atoms with E-state index in [1.807, 2.05) is 12.1 Å². The predicted octanol–water partition coefficient (Wildman–Crippen LogP) is 4.40. The number of fused-ring (bicyclic) bond motifs is 1. The average Bonchev–Trinajstić information content (AvgIpc) is 3.35. The molecule has 0 saturated heterocycles. The van der Waals surface area contributed by atoms with Crippen molar-refractivity contribution in [2.45, 2.75) is 39.0 Å². The highest BCUT2D eigenvalue weighted by Gasteiger charge is 2.33. The molecule has 2 aromatic carbocycles. The lowest BCUT2D eigenvalue weighted by Crippen LogP contribution is -2.45. The summed E-state index contributed by atoms with van der Waals surface area (Å²) in [5, 5.41) is 24.0. The van der Waals surface area contributed by atoms with E-state index in [0.717, 1.165) is 5.56 Å². The van der Waals surface area contributed by atoms with Crippen molar-refractivity contribution >= 4 is 5.91 Å². The first-order chi connectivity index (χ1) is 19.3. The van der Waals surface area contributed by atoms with Gasteiger partial charge in [0.2, 0.25) is 0 Å². The van der Waals surface area contributed by atoms with E-state index >= 15 is 0 Å². The molecule has 2 N–H and O–H groups in total. The van der Waals surface area contributed by atoms with Crippen LogP contribution in [-0.4, -0.2) is 61.6 Å². The van der Waals surface area contributed by atoms with Gasteiger partial charge in [-0.15, -0.1) is 0 Å². The van der Waals surface area contributed by atoms with E-state index in [-0.39, 0.29) is 30.5 Å². The Bertz CT molecular complexity index is 1510. The Morgan fingerprint density at radius 1 is 1.00 bits per heavy atom. The number of amides is 1. The maximum absolute atomic E-state index is 14.6. The molecule has 0 bridgehead atoms. The highest BCUT2D eigenvalue weighted by atomic mass is 19.1. The second-order valence-electron chi connectivity index (χ2n) is 10.1. The highest BCUT2D eigenvalue weighted by molar-refractivity contribution is 6.03. The van der Waals surface area contributed by atoms with E-state index in [1.54, 1.807) is 55.2 Å². The van der Waals surface area contributed by atoms with E-state index in [1.165, 1.54) is 17.0 Å². The second-order valence-corrected chi connectivity index (χ2v) is 10.1. The van der Waals surface area contributed by atoms with Gasteiger partial charge in [-0.3, -0.25) is 14.5 Å². The molecule has 0 spiro atoms. The molecule has 1 amide bonds. The Hall–Kier alpha value is -4.15. The first kappa shape index (κ1) is 27.4. The Kier molecular flexibility index (Phi) is 7.90. The number of pyridine rings is 1. The molecule has 4 aromatic rings. The van der Waals surface area contributed by atoms with Crippen LogP contribution in [0.3, 0.4) is 0 Å². The zero-order chi connectivity index (χ0) is 28.4. The number of aliphatic hydroxyl groups excluding tert-OH is 2. The fourth-order valence-corrected chi connectivity index (χ4v) is 4.81. The van der Waals surface area contributed by atoms with Crippen molar-refractivity contribution in [2.75, 3.05) is 19.7 Å². The summed E-state index contributed by atoms with van der Waals surface area (Å²) in [5.74, 6) is -0.983. The van der Waals surface area contributed by atoms with Crippen LogP contribution < -0.4 is 4.74 Å². The number of aliphatic hydroxyl groups is 2. The quantitative estimate of drug-likeness (QED) is 0.322. The maximum Gasteiger partial charge on any atom is 0.272 e. The van der Waals surface area contributed by atoms with Gasteiger partial charge in [0.05, 0.1) is 19.3 Å². The third kappa shape index (κ3) is 5.45. The first-order valence-electron chi connectivity index (χ1n) is 13.1. The van der Waals surface area contributed by atoms with E-state index < -0.39 is 24.3 Å². The lowest BCUT2D eigenvalue weighted by atomic mass is 9.98. The number of carbonyl (C=O) groups is 1. The van der Waals surface area contributed by atoms with E-state index in [0.29, 0.717) is 46.9 Å². The molecule has 1 atom stereocenters. The minimum Gasteiger partial charge on any atom is -0.489 e. The summed E-state index contributed by atoms with van der Waals surface area (Å²) in [6.45, 7) is 3.80. The van der Waals surface area contributed by atoms with Crippen molar-refractivity contribution in [1.82, 2.24) is 19.7 Å². The van der Waals surface area contributed by atoms with Crippen molar-refractivity contribution in [3.05, 3.63) is 89.4 Å². The molecule has 0 radical (unpaired) electrons. The summed E-state index contributed by atoms with van der Waals surface area (Å²) >= 11 is 0. The minimum absolute atomic E-state index is 0.00657. The standard InChI is InChI=1S/C30H30F2N4O4/c1-18(2)24-14-25(31)21(13-26(24)32)17-40-23-5-3-19(4-6-23)27-28(20-7-9-33-10-8-20)34-36-12-11-35(15-22(38)16-37)30(39)29(27)36/h3-10,13-14,18,22,37-38H,11-12,15-17H2,1-2H3. The van der Waals surface area contributed by atoms with Crippen LogP contribution in [0.15, 0.2) is 60.9 Å². The minimum atomic E-state index is -1.04. The van der Waals surface area contributed by atoms with Crippen LogP contribution in [-0.2, 0) is 13.2 Å². The first-order valence-corrected chi connectivity index (χ1v) is 13.1. The number of rotatable bonds is 9. The monoisotopic (exact) mass is 548 g/mol. The molecule has 10 heteroatoms. The van der Waals surface area contributed by atoms with Crippen LogP contribution >= 0.6 is 0 Å². The van der Waals surface area contributed by atoms with Gasteiger partial charge in [0, 0.05) is 42.2 Å². The van der Waals surface area contributed by atoms with Crippen LogP contribution in [0.2, 0.25) is 0 Å². The zero-order valence-corrected chi connectivity index (χ0v) is 22.2. The fraction of sp³-hybridized carbons (Fsp3) is 0.300. The Morgan fingerprint density at radius 3 is 2.40 bits per heavy atom. The van der Waals surface area contributed by atoms with Crippen LogP contribution in [0, 0.1) is 11.6 Å². The van der Waals surface area contributed by atoms with Crippen molar-refractivity contribution in [3.63, 3.8) is 0 Å². The van der Waals surface area contributed by atoms with Crippen LogP contribution in [0.4, 0.5) is 8.78 Å². The fourth-order valence-electron chi connectivity index (χ4n) is 4.81. The molecule has 0 fully saturated rings. The van der Waals surface area contributed by atoms with Crippen molar-refractivity contribution < 1.29 is 28.5 Å². The molecular weight excluding hydrogens is 518 g/mol. The Labute approximate surface area is 230 Å². The molecule has 3 heterocycles. The summed E-state index contributed by atoms with van der Waals surface area (Å²) in [6.07, 6.45) is 2.25. The smallest absolute Gasteiger partial charge is 0.272 e. The van der Waals surface area contributed by atoms with Gasteiger partial charge in [-0.1, -0.05) is 26.0 Å². The van der Waals surface area contributed by atoms with E-state index in [9.17, 15) is 23.8 Å². The number of benzene rings is 2. The number of halogens is 2. The molecule has 8 nitrogen and oxygen atoms in total. The third-order valence-electron chi connectivity index (χ3n) is 6.94. The number of β-amino-alcohol motifs (C(OH)–C–C–N with tert-alkyl or cyclic N) is 1. The van der Waals surface area contributed by atoms with Gasteiger partial charge in [0.25, 0.3) is 5.91 Å². The predicted molar refractivity (Wildman–Crippen MR) is 145 cm³/mol. The van der Waals surface area contributed by atoms with E-state index in [4.69, 9.17) is 9.84 Å². The van der Waals surface area contributed by atoms with Crippen molar-refractivity contribution in [2.24, 2.45) is 0 Å².